The topological polar surface area (TPSA) is 52.6 Å². The Bertz CT molecular complexity index is 777. The molecule has 0 saturated heterocycles. The predicted octanol–water partition coefficient (Wildman–Crippen LogP) is 9.62. The largest absolute Gasteiger partial charge is 0.465 e. The molecule has 0 N–H and O–H groups in total. The maximum absolute atomic E-state index is 13.4. The molecule has 0 heterocycles. The molecular weight excluding hydrogens is 486 g/mol. The Morgan fingerprint density at radius 3 is 1.53 bits per heavy atom. The fraction of sp³-hybridized carbons (Fsp3) is 0.750. The smallest absolute Gasteiger partial charge is 0.323 e. The highest BCUT2D eigenvalue weighted by atomic mass is 19.2. The third-order valence-corrected chi connectivity index (χ3v) is 7.57. The van der Waals surface area contributed by atoms with Crippen LogP contribution in [0.25, 0.3) is 0 Å². The molecule has 0 radical (unpaired) electrons. The first-order valence-corrected chi connectivity index (χ1v) is 15.2. The lowest BCUT2D eigenvalue weighted by atomic mass is 9.82. The van der Waals surface area contributed by atoms with E-state index in [0.29, 0.717) is 5.56 Å². The van der Waals surface area contributed by atoms with Gasteiger partial charge in [0.05, 0.1) is 6.61 Å². The van der Waals surface area contributed by atoms with Crippen LogP contribution in [0, 0.1) is 17.0 Å². The molecule has 0 aliphatic carbocycles. The minimum absolute atomic E-state index is 0.232. The third-order valence-electron chi connectivity index (χ3n) is 7.57. The summed E-state index contributed by atoms with van der Waals surface area (Å²) in [6, 6.07) is 3.32. The van der Waals surface area contributed by atoms with Crippen LogP contribution >= 0.6 is 0 Å². The standard InChI is InChI=1S/C32H52F2O4/c1-4-7-8-9-10-11-12-13-14-15-16-17-18-19-20-21-24-37-30(35)32(5-2,6-3)31(36)38-26-27-22-23-28(33)29(34)25-27/h22-23,25H,4-21,24,26H2,1-3H3. The summed E-state index contributed by atoms with van der Waals surface area (Å²) in [5.74, 6) is -3.23. The van der Waals surface area contributed by atoms with Crippen LogP contribution in [0.5, 0.6) is 0 Å². The summed E-state index contributed by atoms with van der Waals surface area (Å²) in [5, 5.41) is 0. The molecule has 6 heteroatoms. The van der Waals surface area contributed by atoms with Crippen molar-refractivity contribution in [2.75, 3.05) is 6.61 Å². The van der Waals surface area contributed by atoms with Gasteiger partial charge in [0.2, 0.25) is 0 Å². The van der Waals surface area contributed by atoms with Gasteiger partial charge in [-0.05, 0) is 37.0 Å². The SMILES string of the molecule is CCCCCCCCCCCCCCCCCCOC(=O)C(CC)(CC)C(=O)OCc1ccc(F)c(F)c1. The van der Waals surface area contributed by atoms with E-state index in [1.807, 2.05) is 0 Å². The molecule has 1 aromatic carbocycles. The molecule has 0 aliphatic rings. The molecule has 0 bridgehead atoms. The van der Waals surface area contributed by atoms with Crippen LogP contribution in [0.15, 0.2) is 18.2 Å². The third kappa shape index (κ3) is 13.2. The van der Waals surface area contributed by atoms with E-state index in [2.05, 4.69) is 6.92 Å². The monoisotopic (exact) mass is 538 g/mol. The average Bonchev–Trinajstić information content (AvgIpc) is 2.92. The number of benzene rings is 1. The van der Waals surface area contributed by atoms with Gasteiger partial charge in [-0.1, -0.05) is 123 Å². The molecular formula is C32H52F2O4. The molecule has 38 heavy (non-hydrogen) atoms. The second-order valence-corrected chi connectivity index (χ2v) is 10.6. The average molecular weight is 539 g/mol. The molecule has 0 atom stereocenters. The summed E-state index contributed by atoms with van der Waals surface area (Å²) < 4.78 is 37.3. The number of halogens is 2. The number of hydrogen-bond acceptors (Lipinski definition) is 4. The molecule has 4 nitrogen and oxygen atoms in total. The minimum Gasteiger partial charge on any atom is -0.465 e. The lowest BCUT2D eigenvalue weighted by molar-refractivity contribution is -0.174. The molecule has 0 amide bonds. The Hall–Kier alpha value is -1.98. The molecule has 0 fully saturated rings. The van der Waals surface area contributed by atoms with E-state index in [0.717, 1.165) is 31.4 Å². The van der Waals surface area contributed by atoms with Gasteiger partial charge in [0.1, 0.15) is 6.61 Å². The minimum atomic E-state index is -1.38. The van der Waals surface area contributed by atoms with Crippen molar-refractivity contribution < 1.29 is 27.8 Å². The Morgan fingerprint density at radius 2 is 1.08 bits per heavy atom. The first-order valence-electron chi connectivity index (χ1n) is 15.2. The van der Waals surface area contributed by atoms with Crippen LogP contribution in [-0.4, -0.2) is 18.5 Å². The number of ether oxygens (including phenoxy) is 2. The maximum atomic E-state index is 13.4. The number of unbranched alkanes of at least 4 members (excludes halogenated alkanes) is 15. The van der Waals surface area contributed by atoms with Crippen molar-refractivity contribution in [1.29, 1.82) is 0 Å². The van der Waals surface area contributed by atoms with Crippen LogP contribution in [0.3, 0.4) is 0 Å². The first kappa shape index (κ1) is 34.0. The lowest BCUT2D eigenvalue weighted by Gasteiger charge is -2.27. The number of esters is 2. The summed E-state index contributed by atoms with van der Waals surface area (Å²) in [4.78, 5) is 25.6. The van der Waals surface area contributed by atoms with Gasteiger partial charge >= 0.3 is 11.9 Å². The fourth-order valence-electron chi connectivity index (χ4n) is 4.78. The Labute approximate surface area is 230 Å². The van der Waals surface area contributed by atoms with E-state index in [1.165, 1.54) is 89.5 Å². The van der Waals surface area contributed by atoms with E-state index in [4.69, 9.17) is 9.47 Å². The highest BCUT2D eigenvalue weighted by molar-refractivity contribution is 5.99. The van der Waals surface area contributed by atoms with E-state index in [-0.39, 0.29) is 26.1 Å². The molecule has 0 saturated carbocycles. The Balaban J connectivity index is 2.14. The molecule has 218 valence electrons. The Kier molecular flexibility index (Phi) is 18.7. The van der Waals surface area contributed by atoms with Crippen molar-refractivity contribution in [3.8, 4) is 0 Å². The van der Waals surface area contributed by atoms with Crippen molar-refractivity contribution in [1.82, 2.24) is 0 Å². The van der Waals surface area contributed by atoms with Gasteiger partial charge in [0.15, 0.2) is 17.0 Å². The normalized spacial score (nSPS) is 11.5. The van der Waals surface area contributed by atoms with Crippen LogP contribution in [0.2, 0.25) is 0 Å². The van der Waals surface area contributed by atoms with Crippen molar-refractivity contribution in [3.63, 3.8) is 0 Å². The summed E-state index contributed by atoms with van der Waals surface area (Å²) in [7, 11) is 0. The van der Waals surface area contributed by atoms with Crippen molar-refractivity contribution in [2.24, 2.45) is 5.41 Å². The fourth-order valence-corrected chi connectivity index (χ4v) is 4.78. The quantitative estimate of drug-likeness (QED) is 0.0790. The van der Waals surface area contributed by atoms with E-state index >= 15 is 0 Å². The number of carbonyl (C=O) groups is 2. The van der Waals surface area contributed by atoms with Crippen LogP contribution in [0.1, 0.15) is 142 Å². The summed E-state index contributed by atoms with van der Waals surface area (Å²) in [5.41, 5.74) is -1.06. The summed E-state index contributed by atoms with van der Waals surface area (Å²) >= 11 is 0. The van der Waals surface area contributed by atoms with Crippen molar-refractivity contribution in [2.45, 2.75) is 143 Å². The van der Waals surface area contributed by atoms with Gasteiger partial charge in [-0.2, -0.15) is 0 Å². The highest BCUT2D eigenvalue weighted by Crippen LogP contribution is 2.31. The van der Waals surface area contributed by atoms with E-state index < -0.39 is 29.0 Å². The van der Waals surface area contributed by atoms with E-state index in [1.54, 1.807) is 13.8 Å². The van der Waals surface area contributed by atoms with Crippen LogP contribution < -0.4 is 0 Å². The lowest BCUT2D eigenvalue weighted by Crippen LogP contribution is -2.41. The molecule has 0 aromatic heterocycles. The number of carbonyl (C=O) groups excluding carboxylic acids is 2. The Morgan fingerprint density at radius 1 is 0.632 bits per heavy atom. The molecule has 0 spiro atoms. The zero-order valence-corrected chi connectivity index (χ0v) is 24.3. The molecule has 0 aliphatic heterocycles. The maximum Gasteiger partial charge on any atom is 0.323 e. The van der Waals surface area contributed by atoms with Gasteiger partial charge in [-0.25, -0.2) is 8.78 Å². The van der Waals surface area contributed by atoms with E-state index in [9.17, 15) is 18.4 Å². The van der Waals surface area contributed by atoms with Crippen LogP contribution in [0.4, 0.5) is 8.78 Å². The van der Waals surface area contributed by atoms with Gasteiger partial charge in [0.25, 0.3) is 0 Å². The molecule has 0 unspecified atom stereocenters. The first-order chi connectivity index (χ1) is 18.4. The predicted molar refractivity (Wildman–Crippen MR) is 150 cm³/mol. The number of hydrogen-bond donors (Lipinski definition) is 0. The van der Waals surface area contributed by atoms with Gasteiger partial charge in [-0.15, -0.1) is 0 Å². The highest BCUT2D eigenvalue weighted by Gasteiger charge is 2.45. The zero-order valence-electron chi connectivity index (χ0n) is 24.3. The van der Waals surface area contributed by atoms with Gasteiger partial charge < -0.3 is 9.47 Å². The van der Waals surface area contributed by atoms with Crippen LogP contribution in [-0.2, 0) is 25.7 Å². The second-order valence-electron chi connectivity index (χ2n) is 10.6. The molecule has 1 rings (SSSR count). The van der Waals surface area contributed by atoms with Gasteiger partial charge in [0, 0.05) is 0 Å². The van der Waals surface area contributed by atoms with Crippen molar-refractivity contribution >= 4 is 11.9 Å². The second kappa shape index (κ2) is 20.9. The van der Waals surface area contributed by atoms with Gasteiger partial charge in [-0.3, -0.25) is 9.59 Å². The zero-order chi connectivity index (χ0) is 28.1. The summed E-state index contributed by atoms with van der Waals surface area (Å²) in [6.07, 6.45) is 20.9. The molecule has 1 aromatic rings. The summed E-state index contributed by atoms with van der Waals surface area (Å²) in [6.45, 7) is 5.81. The van der Waals surface area contributed by atoms with Crippen molar-refractivity contribution in [3.05, 3.63) is 35.4 Å². The number of rotatable bonds is 23.